The molecule has 0 heterocycles. The molecule has 0 saturated heterocycles. The van der Waals surface area contributed by atoms with E-state index in [9.17, 15) is 4.79 Å². The monoisotopic (exact) mass is 199 g/mol. The summed E-state index contributed by atoms with van der Waals surface area (Å²) < 4.78 is 0. The molecule has 1 N–H and O–H groups in total. The molecule has 0 fully saturated rings. The first-order valence-electron chi connectivity index (χ1n) is 5.21. The van der Waals surface area contributed by atoms with Crippen LogP contribution >= 0.6 is 0 Å². The maximum absolute atomic E-state index is 11.5. The molecule has 1 unspecified atom stereocenters. The number of nitrogens with zero attached hydrogens (tertiary/aromatic N) is 1. The van der Waals surface area contributed by atoms with Crippen LogP contribution in [0.4, 0.5) is 0 Å². The van der Waals surface area contributed by atoms with Gasteiger partial charge in [0.1, 0.15) is 6.10 Å². The second-order valence-corrected chi connectivity index (χ2v) is 3.46. The van der Waals surface area contributed by atoms with Gasteiger partial charge in [0, 0.05) is 13.1 Å². The summed E-state index contributed by atoms with van der Waals surface area (Å²) in [5, 5.41) is 9.15. The second kappa shape index (κ2) is 7.56. The zero-order valence-corrected chi connectivity index (χ0v) is 9.20. The third-order valence-electron chi connectivity index (χ3n) is 2.05. The predicted molar refractivity (Wildman–Crippen MR) is 58.0 cm³/mol. The quantitative estimate of drug-likeness (QED) is 0.499. The highest BCUT2D eigenvalue weighted by molar-refractivity contribution is 5.80. The molecule has 0 saturated carbocycles. The molecule has 0 aromatic rings. The summed E-state index contributed by atoms with van der Waals surface area (Å²) in [4.78, 5) is 13.1. The smallest absolute Gasteiger partial charge is 0.251 e. The van der Waals surface area contributed by atoms with Crippen molar-refractivity contribution in [3.63, 3.8) is 0 Å². The maximum atomic E-state index is 11.5. The molecule has 0 aliphatic heterocycles. The molecule has 3 heteroatoms. The summed E-state index contributed by atoms with van der Waals surface area (Å²) in [6.45, 7) is 8.45. The van der Waals surface area contributed by atoms with Gasteiger partial charge in [0.05, 0.1) is 0 Å². The Hall–Kier alpha value is -0.830. The third kappa shape index (κ3) is 5.02. The molecule has 0 aromatic carbocycles. The van der Waals surface area contributed by atoms with Gasteiger partial charge in [0.2, 0.25) is 0 Å². The zero-order chi connectivity index (χ0) is 11.0. The normalized spacial score (nSPS) is 12.2. The van der Waals surface area contributed by atoms with Crippen LogP contribution in [-0.2, 0) is 4.79 Å². The number of rotatable bonds is 7. The van der Waals surface area contributed by atoms with Crippen molar-refractivity contribution >= 4 is 5.91 Å². The lowest BCUT2D eigenvalue weighted by Crippen LogP contribution is -2.38. The molecule has 1 atom stereocenters. The highest BCUT2D eigenvalue weighted by Crippen LogP contribution is 2.01. The Morgan fingerprint density at radius 2 is 2.21 bits per heavy atom. The molecule has 1 amide bonds. The van der Waals surface area contributed by atoms with E-state index >= 15 is 0 Å². The summed E-state index contributed by atoms with van der Waals surface area (Å²) in [5.74, 6) is -0.207. The van der Waals surface area contributed by atoms with E-state index in [0.717, 1.165) is 19.3 Å². The van der Waals surface area contributed by atoms with Gasteiger partial charge >= 0.3 is 0 Å². The molecular weight excluding hydrogens is 178 g/mol. The number of unbranched alkanes of at least 4 members (excludes halogenated alkanes) is 2. The minimum absolute atomic E-state index is 0.207. The Balaban J connectivity index is 4.00. The fraction of sp³-hybridized carbons (Fsp3) is 0.727. The first-order chi connectivity index (χ1) is 6.63. The Bertz CT molecular complexity index is 178. The van der Waals surface area contributed by atoms with Crippen LogP contribution < -0.4 is 0 Å². The Kier molecular flexibility index (Phi) is 7.11. The Labute approximate surface area is 86.4 Å². The van der Waals surface area contributed by atoms with Crippen LogP contribution in [-0.4, -0.2) is 35.1 Å². The highest BCUT2D eigenvalue weighted by atomic mass is 16.3. The average Bonchev–Trinajstić information content (AvgIpc) is 2.15. The summed E-state index contributed by atoms with van der Waals surface area (Å²) in [6.07, 6.45) is 4.01. The molecule has 3 nitrogen and oxygen atoms in total. The van der Waals surface area contributed by atoms with E-state index in [1.165, 1.54) is 6.92 Å². The predicted octanol–water partition coefficient (Wildman–Crippen LogP) is 1.57. The van der Waals surface area contributed by atoms with Gasteiger partial charge in [-0.3, -0.25) is 4.79 Å². The molecular formula is C11H21NO2. The van der Waals surface area contributed by atoms with Crippen molar-refractivity contribution < 1.29 is 9.90 Å². The van der Waals surface area contributed by atoms with Crippen molar-refractivity contribution in [3.8, 4) is 0 Å². The fourth-order valence-corrected chi connectivity index (χ4v) is 1.26. The van der Waals surface area contributed by atoms with Crippen molar-refractivity contribution in [1.82, 2.24) is 4.90 Å². The van der Waals surface area contributed by atoms with Crippen molar-refractivity contribution in [2.24, 2.45) is 0 Å². The lowest BCUT2D eigenvalue weighted by molar-refractivity contribution is -0.138. The van der Waals surface area contributed by atoms with Gasteiger partial charge < -0.3 is 10.0 Å². The second-order valence-electron chi connectivity index (χ2n) is 3.46. The molecule has 0 aliphatic rings. The Morgan fingerprint density at radius 3 is 2.64 bits per heavy atom. The molecule has 0 aliphatic carbocycles. The number of amides is 1. The topological polar surface area (TPSA) is 40.5 Å². The average molecular weight is 199 g/mol. The minimum Gasteiger partial charge on any atom is -0.384 e. The number of aliphatic hydroxyl groups is 1. The van der Waals surface area contributed by atoms with E-state index in [0.29, 0.717) is 13.1 Å². The van der Waals surface area contributed by atoms with Gasteiger partial charge in [-0.25, -0.2) is 0 Å². The number of aliphatic hydroxyl groups excluding tert-OH is 1. The van der Waals surface area contributed by atoms with Gasteiger partial charge in [0.15, 0.2) is 0 Å². The largest absolute Gasteiger partial charge is 0.384 e. The maximum Gasteiger partial charge on any atom is 0.251 e. The van der Waals surface area contributed by atoms with Crippen LogP contribution in [0.5, 0.6) is 0 Å². The highest BCUT2D eigenvalue weighted by Gasteiger charge is 2.16. The standard InChI is InChI=1S/C11H21NO2/c1-4-6-7-9-12(8-5-2)11(14)10(3)13/h5,10,13H,2,4,6-9H2,1,3H3. The van der Waals surface area contributed by atoms with Gasteiger partial charge in [0.25, 0.3) is 5.91 Å². The van der Waals surface area contributed by atoms with E-state index in [1.807, 2.05) is 0 Å². The van der Waals surface area contributed by atoms with E-state index in [1.54, 1.807) is 11.0 Å². The number of hydrogen-bond acceptors (Lipinski definition) is 2. The number of carbonyl (C=O) groups excluding carboxylic acids is 1. The van der Waals surface area contributed by atoms with Crippen molar-refractivity contribution in [2.45, 2.75) is 39.2 Å². The molecule has 0 radical (unpaired) electrons. The minimum atomic E-state index is -0.906. The van der Waals surface area contributed by atoms with Crippen LogP contribution in [0, 0.1) is 0 Å². The molecule has 0 spiro atoms. The first-order valence-corrected chi connectivity index (χ1v) is 5.21. The summed E-state index contributed by atoms with van der Waals surface area (Å²) in [5.41, 5.74) is 0. The van der Waals surface area contributed by atoms with Gasteiger partial charge in [-0.05, 0) is 13.3 Å². The van der Waals surface area contributed by atoms with E-state index < -0.39 is 6.10 Å². The SMILES string of the molecule is C=CCN(CCCCC)C(=O)C(C)O. The van der Waals surface area contributed by atoms with Gasteiger partial charge in [-0.1, -0.05) is 25.8 Å². The molecule has 0 rings (SSSR count). The fourth-order valence-electron chi connectivity index (χ4n) is 1.26. The van der Waals surface area contributed by atoms with Crippen molar-refractivity contribution in [2.75, 3.05) is 13.1 Å². The molecule has 14 heavy (non-hydrogen) atoms. The summed E-state index contributed by atoms with van der Waals surface area (Å²) in [7, 11) is 0. The molecule has 0 aromatic heterocycles. The van der Waals surface area contributed by atoms with Gasteiger partial charge in [-0.15, -0.1) is 6.58 Å². The lowest BCUT2D eigenvalue weighted by atomic mass is 10.2. The van der Waals surface area contributed by atoms with E-state index in [2.05, 4.69) is 13.5 Å². The number of carbonyl (C=O) groups is 1. The summed E-state index contributed by atoms with van der Waals surface area (Å²) >= 11 is 0. The van der Waals surface area contributed by atoms with Crippen LogP contribution in [0.3, 0.4) is 0 Å². The van der Waals surface area contributed by atoms with Crippen LogP contribution in [0.15, 0.2) is 12.7 Å². The third-order valence-corrected chi connectivity index (χ3v) is 2.05. The Morgan fingerprint density at radius 1 is 1.57 bits per heavy atom. The molecule has 82 valence electrons. The van der Waals surface area contributed by atoms with Crippen molar-refractivity contribution in [3.05, 3.63) is 12.7 Å². The van der Waals surface area contributed by atoms with Crippen LogP contribution in [0.2, 0.25) is 0 Å². The van der Waals surface area contributed by atoms with Crippen LogP contribution in [0.25, 0.3) is 0 Å². The lowest BCUT2D eigenvalue weighted by Gasteiger charge is -2.22. The molecule has 0 bridgehead atoms. The van der Waals surface area contributed by atoms with Crippen molar-refractivity contribution in [1.29, 1.82) is 0 Å². The van der Waals surface area contributed by atoms with E-state index in [-0.39, 0.29) is 5.91 Å². The summed E-state index contributed by atoms with van der Waals surface area (Å²) in [6, 6.07) is 0. The van der Waals surface area contributed by atoms with Gasteiger partial charge in [-0.2, -0.15) is 0 Å². The van der Waals surface area contributed by atoms with Crippen LogP contribution in [0.1, 0.15) is 33.1 Å². The zero-order valence-electron chi connectivity index (χ0n) is 9.20. The first kappa shape index (κ1) is 13.2. The number of hydrogen-bond donors (Lipinski definition) is 1. The van der Waals surface area contributed by atoms with E-state index in [4.69, 9.17) is 5.11 Å².